The Labute approximate surface area is 125 Å². The number of benzene rings is 1. The molecule has 0 spiro atoms. The fraction of sp³-hybridized carbons (Fsp3) is 0.143. The Balaban J connectivity index is 2.08. The molecule has 0 fully saturated rings. The number of aromatic amines is 1. The van der Waals surface area contributed by atoms with Crippen LogP contribution in [0.15, 0.2) is 30.3 Å². The van der Waals surface area contributed by atoms with E-state index in [1.165, 1.54) is 0 Å². The summed E-state index contributed by atoms with van der Waals surface area (Å²) in [4.78, 5) is 12.0. The van der Waals surface area contributed by atoms with E-state index >= 15 is 0 Å². The first-order valence-electron chi connectivity index (χ1n) is 6.12. The second-order valence-corrected chi connectivity index (χ2v) is 5.07. The lowest BCUT2D eigenvalue weighted by molar-refractivity contribution is 0.328. The first kappa shape index (κ1) is 13.2. The topological polar surface area (TPSA) is 50.8 Å². The van der Waals surface area contributed by atoms with Crippen molar-refractivity contribution in [2.75, 3.05) is 6.61 Å². The maximum Gasteiger partial charge on any atom is 0.215 e. The molecule has 0 aliphatic rings. The molecular formula is C14H11Cl2N3O. The Morgan fingerprint density at radius 2 is 1.85 bits per heavy atom. The molecule has 3 rings (SSSR count). The van der Waals surface area contributed by atoms with Gasteiger partial charge in [0.2, 0.25) is 5.88 Å². The van der Waals surface area contributed by atoms with Crippen LogP contribution in [0.2, 0.25) is 10.0 Å². The number of rotatable bonds is 3. The number of H-pyrrole nitrogens is 1. The van der Waals surface area contributed by atoms with Crippen molar-refractivity contribution in [1.82, 2.24) is 15.0 Å². The number of nitrogens with zero attached hydrogens (tertiary/aromatic N) is 2. The lowest BCUT2D eigenvalue weighted by Crippen LogP contribution is -1.93. The van der Waals surface area contributed by atoms with Crippen LogP contribution in [-0.4, -0.2) is 21.6 Å². The van der Waals surface area contributed by atoms with Crippen LogP contribution in [0.1, 0.15) is 6.92 Å². The van der Waals surface area contributed by atoms with Crippen molar-refractivity contribution >= 4 is 34.4 Å². The molecule has 0 unspecified atom stereocenters. The molecular weight excluding hydrogens is 297 g/mol. The van der Waals surface area contributed by atoms with Crippen LogP contribution in [0.25, 0.3) is 22.6 Å². The number of aromatic nitrogens is 3. The van der Waals surface area contributed by atoms with E-state index in [-0.39, 0.29) is 0 Å². The summed E-state index contributed by atoms with van der Waals surface area (Å²) in [5.74, 6) is 1.23. The van der Waals surface area contributed by atoms with E-state index in [0.717, 1.165) is 11.1 Å². The molecule has 6 heteroatoms. The maximum absolute atomic E-state index is 6.00. The van der Waals surface area contributed by atoms with E-state index in [1.807, 2.05) is 13.0 Å². The van der Waals surface area contributed by atoms with Crippen LogP contribution >= 0.6 is 23.2 Å². The fourth-order valence-corrected chi connectivity index (χ4v) is 2.46. The van der Waals surface area contributed by atoms with Gasteiger partial charge in [0.05, 0.1) is 12.1 Å². The number of nitrogens with one attached hydrogen (secondary N) is 1. The maximum atomic E-state index is 6.00. The van der Waals surface area contributed by atoms with Crippen molar-refractivity contribution in [3.63, 3.8) is 0 Å². The van der Waals surface area contributed by atoms with Crippen LogP contribution in [0.3, 0.4) is 0 Å². The van der Waals surface area contributed by atoms with Crippen molar-refractivity contribution in [2.45, 2.75) is 6.92 Å². The minimum atomic E-state index is 0.558. The molecule has 2 aromatic heterocycles. The zero-order chi connectivity index (χ0) is 14.1. The van der Waals surface area contributed by atoms with E-state index < -0.39 is 0 Å². The van der Waals surface area contributed by atoms with Gasteiger partial charge in [-0.2, -0.15) is 4.98 Å². The Morgan fingerprint density at radius 3 is 2.55 bits per heavy atom. The predicted molar refractivity (Wildman–Crippen MR) is 80.5 cm³/mol. The summed E-state index contributed by atoms with van der Waals surface area (Å²) in [7, 11) is 0. The zero-order valence-electron chi connectivity index (χ0n) is 10.7. The number of fused-ring (bicyclic) bond motifs is 1. The van der Waals surface area contributed by atoms with Gasteiger partial charge in [-0.15, -0.1) is 0 Å². The van der Waals surface area contributed by atoms with E-state index in [2.05, 4.69) is 15.0 Å². The summed E-state index contributed by atoms with van der Waals surface area (Å²) in [6.07, 6.45) is 0. The molecule has 0 saturated carbocycles. The third-order valence-corrected chi connectivity index (χ3v) is 3.18. The van der Waals surface area contributed by atoms with Crippen molar-refractivity contribution in [2.24, 2.45) is 0 Å². The van der Waals surface area contributed by atoms with E-state index in [9.17, 15) is 0 Å². The molecule has 0 aliphatic heterocycles. The summed E-state index contributed by atoms with van der Waals surface area (Å²) in [5, 5.41) is 1.13. The molecule has 0 saturated heterocycles. The number of hydrogen-bond acceptors (Lipinski definition) is 3. The molecule has 2 heterocycles. The van der Waals surface area contributed by atoms with E-state index in [1.54, 1.807) is 24.3 Å². The summed E-state index contributed by atoms with van der Waals surface area (Å²) in [6.45, 7) is 2.48. The molecule has 0 bridgehead atoms. The lowest BCUT2D eigenvalue weighted by atomic mass is 10.2. The zero-order valence-corrected chi connectivity index (χ0v) is 12.2. The molecule has 0 amide bonds. The summed E-state index contributed by atoms with van der Waals surface area (Å²) in [6, 6.07) is 8.97. The lowest BCUT2D eigenvalue weighted by Gasteiger charge is -1.99. The first-order chi connectivity index (χ1) is 9.65. The van der Waals surface area contributed by atoms with Crippen LogP contribution in [0.4, 0.5) is 0 Å². The molecule has 102 valence electrons. The second kappa shape index (κ2) is 5.31. The highest BCUT2D eigenvalue weighted by Crippen LogP contribution is 2.27. The Morgan fingerprint density at radius 1 is 1.10 bits per heavy atom. The van der Waals surface area contributed by atoms with Gasteiger partial charge in [-0.1, -0.05) is 23.2 Å². The average molecular weight is 308 g/mol. The average Bonchev–Trinajstić information content (AvgIpc) is 2.81. The Kier molecular flexibility index (Phi) is 3.51. The van der Waals surface area contributed by atoms with Crippen LogP contribution in [-0.2, 0) is 0 Å². The first-order valence-corrected chi connectivity index (χ1v) is 6.87. The smallest absolute Gasteiger partial charge is 0.215 e. The van der Waals surface area contributed by atoms with Gasteiger partial charge >= 0.3 is 0 Å². The number of imidazole rings is 1. The Bertz CT molecular complexity index is 750. The highest BCUT2D eigenvalue weighted by molar-refractivity contribution is 6.35. The van der Waals surface area contributed by atoms with Gasteiger partial charge in [-0.25, -0.2) is 4.98 Å². The van der Waals surface area contributed by atoms with Crippen molar-refractivity contribution in [3.8, 4) is 17.3 Å². The van der Waals surface area contributed by atoms with Gasteiger partial charge in [0.15, 0.2) is 5.65 Å². The number of pyridine rings is 1. The number of ether oxygens (including phenoxy) is 1. The van der Waals surface area contributed by atoms with Crippen LogP contribution in [0, 0.1) is 0 Å². The molecule has 0 atom stereocenters. The van der Waals surface area contributed by atoms with Gasteiger partial charge in [0.25, 0.3) is 0 Å². The summed E-state index contributed by atoms with van der Waals surface area (Å²) >= 11 is 12.0. The minimum Gasteiger partial charge on any atom is -0.478 e. The normalized spacial score (nSPS) is 10.9. The van der Waals surface area contributed by atoms with Crippen molar-refractivity contribution in [3.05, 3.63) is 40.4 Å². The highest BCUT2D eigenvalue weighted by Gasteiger charge is 2.09. The van der Waals surface area contributed by atoms with Crippen molar-refractivity contribution < 1.29 is 4.74 Å². The highest BCUT2D eigenvalue weighted by atomic mass is 35.5. The monoisotopic (exact) mass is 307 g/mol. The third-order valence-electron chi connectivity index (χ3n) is 2.75. The standard InChI is InChI=1S/C14H11Cl2N3O/c1-2-20-12-4-3-11-14(18-12)19-13(17-11)8-5-9(15)7-10(16)6-8/h3-7H,2H2,1H3,(H,17,18,19). The number of halogens is 2. The van der Waals surface area contributed by atoms with Gasteiger partial charge in [-0.05, 0) is 31.2 Å². The van der Waals surface area contributed by atoms with Gasteiger partial charge in [-0.3, -0.25) is 0 Å². The van der Waals surface area contributed by atoms with Gasteiger partial charge in [0, 0.05) is 21.7 Å². The summed E-state index contributed by atoms with van der Waals surface area (Å²) < 4.78 is 5.36. The molecule has 0 aliphatic carbocycles. The van der Waals surface area contributed by atoms with Crippen LogP contribution in [0.5, 0.6) is 5.88 Å². The Hall–Kier alpha value is -1.78. The van der Waals surface area contributed by atoms with E-state index in [4.69, 9.17) is 27.9 Å². The predicted octanol–water partition coefficient (Wildman–Crippen LogP) is 4.33. The third kappa shape index (κ3) is 2.57. The van der Waals surface area contributed by atoms with Crippen molar-refractivity contribution in [1.29, 1.82) is 0 Å². The SMILES string of the molecule is CCOc1ccc2[nH]c(-c3cc(Cl)cc(Cl)c3)nc2n1. The molecule has 1 aromatic carbocycles. The molecule has 0 radical (unpaired) electrons. The van der Waals surface area contributed by atoms with Crippen LogP contribution < -0.4 is 4.74 Å². The molecule has 4 nitrogen and oxygen atoms in total. The fourth-order valence-electron chi connectivity index (χ4n) is 1.93. The van der Waals surface area contributed by atoms with E-state index in [0.29, 0.717) is 34.0 Å². The quantitative estimate of drug-likeness (QED) is 0.783. The summed E-state index contributed by atoms with van der Waals surface area (Å²) in [5.41, 5.74) is 2.25. The molecule has 1 N–H and O–H groups in total. The largest absolute Gasteiger partial charge is 0.478 e. The number of hydrogen-bond donors (Lipinski definition) is 1. The molecule has 3 aromatic rings. The molecule has 20 heavy (non-hydrogen) atoms. The van der Waals surface area contributed by atoms with Gasteiger partial charge in [0.1, 0.15) is 5.82 Å². The minimum absolute atomic E-state index is 0.558. The van der Waals surface area contributed by atoms with Gasteiger partial charge < -0.3 is 9.72 Å². The second-order valence-electron chi connectivity index (χ2n) is 4.20.